The van der Waals surface area contributed by atoms with Gasteiger partial charge in [-0.15, -0.1) is 0 Å². The van der Waals surface area contributed by atoms with E-state index in [-0.39, 0.29) is 11.9 Å². The van der Waals surface area contributed by atoms with Gasteiger partial charge in [0.05, 0.1) is 11.6 Å². The van der Waals surface area contributed by atoms with Crippen LogP contribution in [0.3, 0.4) is 0 Å². The van der Waals surface area contributed by atoms with Crippen LogP contribution in [0.15, 0.2) is 42.9 Å². The Kier molecular flexibility index (Phi) is 3.49. The molecule has 0 saturated carbocycles. The maximum atomic E-state index is 13.2. The number of pyridine rings is 1. The summed E-state index contributed by atoms with van der Waals surface area (Å²) in [7, 11) is 0. The number of likely N-dealkylation sites (tertiary alicyclic amines) is 1. The maximum absolute atomic E-state index is 13.2. The fourth-order valence-corrected chi connectivity index (χ4v) is 3.28. The number of nitrogens with one attached hydrogen (secondary N) is 1. The number of carbonyl (C=O) groups excluding carboxylic acids is 1. The molecule has 4 rings (SSSR count). The van der Waals surface area contributed by atoms with Crippen molar-refractivity contribution in [3.8, 4) is 0 Å². The third-order valence-electron chi connectivity index (χ3n) is 4.39. The van der Waals surface area contributed by atoms with Gasteiger partial charge in [0.1, 0.15) is 12.2 Å². The highest BCUT2D eigenvalue weighted by Crippen LogP contribution is 2.31. The fraction of sp³-hybridized carbons (Fsp3) is 0.294. The van der Waals surface area contributed by atoms with Gasteiger partial charge in [-0.05, 0) is 37.5 Å². The molecule has 3 aromatic rings. The Bertz CT molecular complexity index is 825. The van der Waals surface area contributed by atoms with E-state index in [2.05, 4.69) is 20.2 Å². The van der Waals surface area contributed by atoms with Crippen molar-refractivity contribution in [2.45, 2.75) is 25.3 Å². The molecule has 0 bridgehead atoms. The quantitative estimate of drug-likeness (QED) is 0.790. The molecule has 0 radical (unpaired) electrons. The largest absolute Gasteiger partial charge is 0.328 e. The van der Waals surface area contributed by atoms with Crippen molar-refractivity contribution in [2.24, 2.45) is 0 Å². The van der Waals surface area contributed by atoms with Gasteiger partial charge in [0.25, 0.3) is 5.91 Å². The van der Waals surface area contributed by atoms with Crippen LogP contribution in [0.4, 0.5) is 0 Å². The van der Waals surface area contributed by atoms with Crippen molar-refractivity contribution in [3.05, 3.63) is 54.2 Å². The van der Waals surface area contributed by atoms with Crippen molar-refractivity contribution in [3.63, 3.8) is 0 Å². The second-order valence-corrected chi connectivity index (χ2v) is 5.76. The second kappa shape index (κ2) is 5.79. The molecular weight excluding hydrogens is 290 g/mol. The minimum Gasteiger partial charge on any atom is -0.328 e. The van der Waals surface area contributed by atoms with E-state index in [1.807, 2.05) is 35.2 Å². The molecule has 1 aromatic carbocycles. The van der Waals surface area contributed by atoms with Crippen LogP contribution in [-0.2, 0) is 0 Å². The van der Waals surface area contributed by atoms with Crippen molar-refractivity contribution in [1.82, 2.24) is 25.1 Å². The Balaban J connectivity index is 1.74. The summed E-state index contributed by atoms with van der Waals surface area (Å²) >= 11 is 0. The predicted octanol–water partition coefficient (Wildman–Crippen LogP) is 2.72. The first kappa shape index (κ1) is 13.9. The molecule has 6 nitrogen and oxygen atoms in total. The molecule has 1 aliphatic rings. The first-order chi connectivity index (χ1) is 11.3. The summed E-state index contributed by atoms with van der Waals surface area (Å²) in [6, 6.07) is 9.46. The number of hydrogen-bond donors (Lipinski definition) is 1. The van der Waals surface area contributed by atoms with Gasteiger partial charge in [-0.3, -0.25) is 14.9 Å². The lowest BCUT2D eigenvalue weighted by Crippen LogP contribution is -2.39. The smallest absolute Gasteiger partial charge is 0.255 e. The summed E-state index contributed by atoms with van der Waals surface area (Å²) < 4.78 is 0. The van der Waals surface area contributed by atoms with Crippen molar-refractivity contribution < 1.29 is 4.79 Å². The first-order valence-corrected chi connectivity index (χ1v) is 7.84. The molecule has 1 N–H and O–H groups in total. The second-order valence-electron chi connectivity index (χ2n) is 5.76. The summed E-state index contributed by atoms with van der Waals surface area (Å²) in [5.74, 6) is 0.793. The highest BCUT2D eigenvalue weighted by molar-refractivity contribution is 6.06. The number of hydrogen-bond acceptors (Lipinski definition) is 4. The zero-order valence-corrected chi connectivity index (χ0v) is 12.6. The minimum atomic E-state index is -0.0364. The highest BCUT2D eigenvalue weighted by Gasteiger charge is 2.31. The number of rotatable bonds is 2. The fourth-order valence-electron chi connectivity index (χ4n) is 3.28. The molecule has 116 valence electrons. The van der Waals surface area contributed by atoms with Crippen LogP contribution in [0.25, 0.3) is 10.9 Å². The van der Waals surface area contributed by atoms with Gasteiger partial charge in [0, 0.05) is 23.7 Å². The molecule has 1 atom stereocenters. The average molecular weight is 307 g/mol. The van der Waals surface area contributed by atoms with E-state index in [0.717, 1.165) is 42.5 Å². The van der Waals surface area contributed by atoms with Gasteiger partial charge in [0.15, 0.2) is 0 Å². The van der Waals surface area contributed by atoms with Crippen LogP contribution in [0.2, 0.25) is 0 Å². The lowest BCUT2D eigenvalue weighted by Gasteiger charge is -2.34. The number of carbonyl (C=O) groups is 1. The Morgan fingerprint density at radius 3 is 3.00 bits per heavy atom. The Morgan fingerprint density at radius 2 is 2.13 bits per heavy atom. The van der Waals surface area contributed by atoms with Crippen LogP contribution in [-0.4, -0.2) is 37.5 Å². The van der Waals surface area contributed by atoms with Crippen LogP contribution >= 0.6 is 0 Å². The monoisotopic (exact) mass is 307 g/mol. The molecule has 1 unspecified atom stereocenters. The van der Waals surface area contributed by atoms with Gasteiger partial charge in [-0.25, -0.2) is 4.98 Å². The number of amides is 1. The lowest BCUT2D eigenvalue weighted by molar-refractivity contribution is 0.0602. The molecule has 23 heavy (non-hydrogen) atoms. The third kappa shape index (κ3) is 2.46. The molecule has 1 fully saturated rings. The van der Waals surface area contributed by atoms with Gasteiger partial charge in [-0.1, -0.05) is 12.1 Å². The van der Waals surface area contributed by atoms with Crippen LogP contribution in [0.1, 0.15) is 41.5 Å². The predicted molar refractivity (Wildman–Crippen MR) is 85.8 cm³/mol. The van der Waals surface area contributed by atoms with Crippen LogP contribution < -0.4 is 0 Å². The van der Waals surface area contributed by atoms with Gasteiger partial charge in [-0.2, -0.15) is 5.10 Å². The van der Waals surface area contributed by atoms with Gasteiger partial charge >= 0.3 is 0 Å². The minimum absolute atomic E-state index is 0.0321. The topological polar surface area (TPSA) is 74.8 Å². The molecule has 1 amide bonds. The number of H-pyrrole nitrogens is 1. The summed E-state index contributed by atoms with van der Waals surface area (Å²) in [6.45, 7) is 0.737. The summed E-state index contributed by atoms with van der Waals surface area (Å²) in [5, 5.41) is 7.73. The molecule has 1 aliphatic heterocycles. The third-order valence-corrected chi connectivity index (χ3v) is 4.39. The average Bonchev–Trinajstić information content (AvgIpc) is 3.15. The summed E-state index contributed by atoms with van der Waals surface area (Å²) in [6.07, 6.45) is 6.25. The van der Waals surface area contributed by atoms with Gasteiger partial charge in [0.2, 0.25) is 0 Å². The summed E-state index contributed by atoms with van der Waals surface area (Å²) in [4.78, 5) is 23.7. The van der Waals surface area contributed by atoms with E-state index in [4.69, 9.17) is 0 Å². The zero-order chi connectivity index (χ0) is 15.6. The van der Waals surface area contributed by atoms with E-state index in [1.165, 1.54) is 6.33 Å². The number of piperidine rings is 1. The maximum Gasteiger partial charge on any atom is 0.255 e. The first-order valence-electron chi connectivity index (χ1n) is 7.84. The summed E-state index contributed by atoms with van der Waals surface area (Å²) in [5.41, 5.74) is 1.54. The molecular formula is C17H17N5O. The van der Waals surface area contributed by atoms with E-state index in [9.17, 15) is 4.79 Å². The standard InChI is InChI=1S/C17H17N5O/c23-17(13-5-3-7-14-12(13)6-4-9-18-14)22-10-2-1-8-15(22)16-19-11-20-21-16/h3-7,9,11,15H,1-2,8,10H2,(H,19,20,21). The van der Waals surface area contributed by atoms with E-state index >= 15 is 0 Å². The van der Waals surface area contributed by atoms with E-state index in [0.29, 0.717) is 5.56 Å². The Labute approximate surface area is 133 Å². The molecule has 6 heteroatoms. The molecule has 0 aliphatic carbocycles. The van der Waals surface area contributed by atoms with Crippen molar-refractivity contribution >= 4 is 16.8 Å². The van der Waals surface area contributed by atoms with Gasteiger partial charge < -0.3 is 4.90 Å². The highest BCUT2D eigenvalue weighted by atomic mass is 16.2. The Hall–Kier alpha value is -2.76. The van der Waals surface area contributed by atoms with E-state index in [1.54, 1.807) is 6.20 Å². The number of nitrogens with zero attached hydrogens (tertiary/aromatic N) is 4. The lowest BCUT2D eigenvalue weighted by atomic mass is 9.99. The number of fused-ring (bicyclic) bond motifs is 1. The molecule has 0 spiro atoms. The SMILES string of the molecule is O=C(c1cccc2ncccc12)N1CCCCC1c1ncn[nH]1. The van der Waals surface area contributed by atoms with E-state index < -0.39 is 0 Å². The molecule has 1 saturated heterocycles. The Morgan fingerprint density at radius 1 is 1.17 bits per heavy atom. The zero-order valence-electron chi connectivity index (χ0n) is 12.6. The van der Waals surface area contributed by atoms with Crippen molar-refractivity contribution in [2.75, 3.05) is 6.54 Å². The molecule has 2 aromatic heterocycles. The van der Waals surface area contributed by atoms with Crippen LogP contribution in [0.5, 0.6) is 0 Å². The number of aromatic amines is 1. The molecule has 3 heterocycles. The number of aromatic nitrogens is 4. The normalized spacial score (nSPS) is 18.3. The van der Waals surface area contributed by atoms with Crippen LogP contribution in [0, 0.1) is 0 Å². The van der Waals surface area contributed by atoms with Crippen molar-refractivity contribution in [1.29, 1.82) is 0 Å². The number of benzene rings is 1.